The average molecular weight is 752 g/mol. The molecule has 12 heteroatoms. The zero-order valence-corrected chi connectivity index (χ0v) is 33.4. The Labute approximate surface area is 318 Å². The number of pyridine rings is 1. The third-order valence-electron chi connectivity index (χ3n) is 11.0. The normalized spacial score (nSPS) is 21.8. The molecule has 2 N–H and O–H groups in total. The number of aromatic nitrogens is 4. The molecule has 1 amide bonds. The number of methoxy groups -OCH3 is 1. The van der Waals surface area contributed by atoms with Crippen LogP contribution in [0.1, 0.15) is 69.7 Å². The Kier molecular flexibility index (Phi) is 11.6. The molecule has 1 spiro atoms. The number of hydrogen-bond acceptors (Lipinski definition) is 8. The van der Waals surface area contributed by atoms with E-state index >= 15 is 4.79 Å². The molecular formula is C42H53N5O6Si. The van der Waals surface area contributed by atoms with E-state index in [0.717, 1.165) is 24.1 Å². The SMILES string of the molecule is COc1cccn(-c2ccc3c(c2)[C@]2(O[C@@H](CCn4cc(C(CO)c5ccccc5)nn4)[C@H]([Si](C)(C)O)[C@H]2C)C(=O)N3C/C=C(\C)CCC=C(C)C)c1=O. The molecule has 6 rings (SSSR count). The number of rotatable bonds is 14. The van der Waals surface area contributed by atoms with Gasteiger partial charge in [0.05, 0.1) is 37.1 Å². The fourth-order valence-corrected chi connectivity index (χ4v) is 10.9. The number of fused-ring (bicyclic) bond motifs is 2. The number of carbonyl (C=O) groups is 1. The summed E-state index contributed by atoms with van der Waals surface area (Å²) in [5, 5.41) is 19.0. The molecular weight excluding hydrogens is 699 g/mol. The number of anilines is 1. The quantitative estimate of drug-likeness (QED) is 0.111. The second kappa shape index (κ2) is 16.0. The second-order valence-corrected chi connectivity index (χ2v) is 19.4. The number of aryl methyl sites for hydroxylation is 1. The van der Waals surface area contributed by atoms with E-state index < -0.39 is 20.0 Å². The minimum atomic E-state index is -2.94. The highest BCUT2D eigenvalue weighted by Crippen LogP contribution is 2.60. The Morgan fingerprint density at radius 3 is 2.52 bits per heavy atom. The molecule has 2 aromatic carbocycles. The molecule has 4 heterocycles. The Morgan fingerprint density at radius 2 is 1.83 bits per heavy atom. The Bertz CT molecular complexity index is 2080. The summed E-state index contributed by atoms with van der Waals surface area (Å²) < 4.78 is 15.7. The summed E-state index contributed by atoms with van der Waals surface area (Å²) in [6.45, 7) is 12.8. The fourth-order valence-electron chi connectivity index (χ4n) is 8.33. The standard InChI is InChI=1S/C42H53N5O6Si/c1-28(2)13-11-14-29(3)20-24-47-36-19-18-32(46-22-12-17-38(52-5)40(46)49)25-34(36)42(41(47)50)30(4)39(54(6,7)51)37(53-42)21-23-45-26-35(43-44-45)33(27-48)31-15-9-8-10-16-31/h8-10,12-13,15-20,22,25-26,30,33,37,39,48,51H,11,14,21,23-24,27H2,1-7H3/b29-20+/t30-,33?,37+,39-,42+/m1/s1. The van der Waals surface area contributed by atoms with Crippen LogP contribution in [0.4, 0.5) is 5.69 Å². The van der Waals surface area contributed by atoms with Crippen LogP contribution < -0.4 is 15.2 Å². The van der Waals surface area contributed by atoms with Crippen LogP contribution in [0.3, 0.4) is 0 Å². The number of hydrogen-bond donors (Lipinski definition) is 2. The molecule has 0 radical (unpaired) electrons. The van der Waals surface area contributed by atoms with E-state index in [2.05, 4.69) is 43.2 Å². The molecule has 1 saturated heterocycles. The van der Waals surface area contributed by atoms with E-state index in [9.17, 15) is 14.7 Å². The number of nitrogens with zero attached hydrogens (tertiary/aromatic N) is 5. The first-order valence-corrected chi connectivity index (χ1v) is 21.8. The molecule has 2 aliphatic rings. The van der Waals surface area contributed by atoms with Crippen LogP contribution >= 0.6 is 0 Å². The largest absolute Gasteiger partial charge is 0.491 e. The minimum absolute atomic E-state index is 0.104. The van der Waals surface area contributed by atoms with Crippen molar-refractivity contribution in [3.63, 3.8) is 0 Å². The lowest BCUT2D eigenvalue weighted by atomic mass is 9.82. The van der Waals surface area contributed by atoms with Crippen LogP contribution in [0.5, 0.6) is 5.75 Å². The lowest BCUT2D eigenvalue weighted by Gasteiger charge is -2.32. The molecule has 11 nitrogen and oxygen atoms in total. The van der Waals surface area contributed by atoms with Gasteiger partial charge < -0.3 is 24.3 Å². The van der Waals surface area contributed by atoms with Crippen molar-refractivity contribution in [2.75, 3.05) is 25.2 Å². The van der Waals surface area contributed by atoms with Crippen molar-refractivity contribution < 1.29 is 24.2 Å². The third-order valence-corrected chi connectivity index (χ3v) is 13.5. The van der Waals surface area contributed by atoms with Crippen LogP contribution in [0.25, 0.3) is 5.69 Å². The van der Waals surface area contributed by atoms with Gasteiger partial charge in [-0.05, 0) is 89.0 Å². The van der Waals surface area contributed by atoms with E-state index in [1.165, 1.54) is 22.8 Å². The number of aliphatic hydroxyl groups is 1. The monoisotopic (exact) mass is 751 g/mol. The van der Waals surface area contributed by atoms with Gasteiger partial charge in [-0.25, -0.2) is 0 Å². The van der Waals surface area contributed by atoms with Crippen LogP contribution in [0.2, 0.25) is 18.6 Å². The predicted octanol–water partition coefficient (Wildman–Crippen LogP) is 6.49. The van der Waals surface area contributed by atoms with E-state index in [-0.39, 0.29) is 41.2 Å². The van der Waals surface area contributed by atoms with Crippen molar-refractivity contribution in [1.82, 2.24) is 19.6 Å². The average Bonchev–Trinajstić information content (AvgIpc) is 3.80. The van der Waals surface area contributed by atoms with E-state index in [0.29, 0.717) is 36.5 Å². The first kappa shape index (κ1) is 39.1. The lowest BCUT2D eigenvalue weighted by molar-refractivity contribution is -0.145. The number of benzene rings is 2. The summed E-state index contributed by atoms with van der Waals surface area (Å²) in [5.74, 6) is -0.648. The van der Waals surface area contributed by atoms with Crippen LogP contribution in [0.15, 0.2) is 101 Å². The van der Waals surface area contributed by atoms with Gasteiger partial charge in [0.2, 0.25) is 0 Å². The summed E-state index contributed by atoms with van der Waals surface area (Å²) >= 11 is 0. The number of carbonyl (C=O) groups excluding carboxylic acids is 1. The fraction of sp³-hybridized carbons (Fsp3) is 0.429. The number of aliphatic hydroxyl groups excluding tert-OH is 1. The summed E-state index contributed by atoms with van der Waals surface area (Å²) in [4.78, 5) is 42.0. The molecule has 4 aromatic rings. The molecule has 5 atom stereocenters. The number of amides is 1. The highest BCUT2D eigenvalue weighted by molar-refractivity contribution is 6.71. The molecule has 54 heavy (non-hydrogen) atoms. The van der Waals surface area contributed by atoms with E-state index in [4.69, 9.17) is 9.47 Å². The van der Waals surface area contributed by atoms with Gasteiger partial charge in [-0.1, -0.05) is 65.8 Å². The molecule has 0 saturated carbocycles. The number of allylic oxidation sites excluding steroid dienone is 3. The van der Waals surface area contributed by atoms with Crippen molar-refractivity contribution in [2.45, 2.75) is 89.8 Å². The van der Waals surface area contributed by atoms with Crippen LogP contribution in [-0.2, 0) is 21.7 Å². The summed E-state index contributed by atoms with van der Waals surface area (Å²) in [6.07, 6.45) is 9.68. The zero-order chi connectivity index (χ0) is 38.8. The Hall–Kier alpha value is -4.62. The highest BCUT2D eigenvalue weighted by Gasteiger charge is 2.66. The Balaban J connectivity index is 1.36. The van der Waals surface area contributed by atoms with Gasteiger partial charge in [0.25, 0.3) is 11.5 Å². The molecule has 2 aliphatic heterocycles. The van der Waals surface area contributed by atoms with Gasteiger partial charge in [0.1, 0.15) is 0 Å². The maximum Gasteiger partial charge on any atom is 0.297 e. The van der Waals surface area contributed by atoms with E-state index in [1.54, 1.807) is 27.9 Å². The maximum atomic E-state index is 15.0. The van der Waals surface area contributed by atoms with Gasteiger partial charge in [-0.3, -0.25) is 18.8 Å². The van der Waals surface area contributed by atoms with Crippen molar-refractivity contribution >= 4 is 19.9 Å². The van der Waals surface area contributed by atoms with Crippen molar-refractivity contribution in [2.24, 2.45) is 5.92 Å². The molecule has 286 valence electrons. The van der Waals surface area contributed by atoms with Crippen LogP contribution in [-0.4, -0.2) is 70.1 Å². The predicted molar refractivity (Wildman–Crippen MR) is 213 cm³/mol. The Morgan fingerprint density at radius 1 is 1.07 bits per heavy atom. The third kappa shape index (κ3) is 7.52. The van der Waals surface area contributed by atoms with Gasteiger partial charge in [-0.2, -0.15) is 0 Å². The lowest BCUT2D eigenvalue weighted by Crippen LogP contribution is -2.46. The van der Waals surface area contributed by atoms with Crippen molar-refractivity contribution in [3.05, 3.63) is 124 Å². The summed E-state index contributed by atoms with van der Waals surface area (Å²) in [5.41, 5.74) is 4.08. The van der Waals surface area contributed by atoms with Crippen LogP contribution in [0, 0.1) is 5.92 Å². The molecule has 2 aromatic heterocycles. The summed E-state index contributed by atoms with van der Waals surface area (Å²) in [7, 11) is -1.47. The van der Waals surface area contributed by atoms with Gasteiger partial charge in [-0.15, -0.1) is 5.10 Å². The molecule has 1 fully saturated rings. The highest BCUT2D eigenvalue weighted by atomic mass is 28.4. The number of ether oxygens (including phenoxy) is 2. The topological polar surface area (TPSA) is 132 Å². The molecule has 0 aliphatic carbocycles. The maximum absolute atomic E-state index is 15.0. The molecule has 0 bridgehead atoms. The first-order valence-electron chi connectivity index (χ1n) is 18.8. The second-order valence-electron chi connectivity index (χ2n) is 15.4. The summed E-state index contributed by atoms with van der Waals surface area (Å²) in [6, 6.07) is 18.7. The molecule has 1 unspecified atom stereocenters. The minimum Gasteiger partial charge on any atom is -0.491 e. The van der Waals surface area contributed by atoms with Gasteiger partial charge in [0, 0.05) is 48.2 Å². The van der Waals surface area contributed by atoms with Crippen molar-refractivity contribution in [1.29, 1.82) is 0 Å². The van der Waals surface area contributed by atoms with Gasteiger partial charge >= 0.3 is 0 Å². The smallest absolute Gasteiger partial charge is 0.297 e. The van der Waals surface area contributed by atoms with Gasteiger partial charge in [0.15, 0.2) is 19.7 Å². The zero-order valence-electron chi connectivity index (χ0n) is 32.4. The van der Waals surface area contributed by atoms with E-state index in [1.807, 2.05) is 74.7 Å². The van der Waals surface area contributed by atoms with Crippen molar-refractivity contribution in [3.8, 4) is 11.4 Å². The first-order chi connectivity index (χ1) is 25.8.